The molecule has 0 bridgehead atoms. The van der Waals surface area contributed by atoms with E-state index in [9.17, 15) is 4.79 Å². The highest BCUT2D eigenvalue weighted by Gasteiger charge is 2.25. The van der Waals surface area contributed by atoms with Gasteiger partial charge < -0.3 is 10.4 Å². The average molecular weight is 141 g/mol. The van der Waals surface area contributed by atoms with Crippen molar-refractivity contribution in [2.45, 2.75) is 19.4 Å². The van der Waals surface area contributed by atoms with E-state index in [0.717, 1.165) is 18.5 Å². The van der Waals surface area contributed by atoms with E-state index in [1.165, 1.54) is 0 Å². The molecule has 0 aromatic rings. The predicted octanol–water partition coefficient (Wildman–Crippen LogP) is 0.379. The monoisotopic (exact) mass is 141 g/mol. The maximum atomic E-state index is 10.5. The van der Waals surface area contributed by atoms with Gasteiger partial charge in [-0.1, -0.05) is 6.08 Å². The summed E-state index contributed by atoms with van der Waals surface area (Å²) in [6.07, 6.45) is 2.74. The largest absolute Gasteiger partial charge is 0.480 e. The minimum atomic E-state index is -0.773. The Morgan fingerprint density at radius 2 is 2.60 bits per heavy atom. The van der Waals surface area contributed by atoms with E-state index in [1.807, 2.05) is 13.0 Å². The van der Waals surface area contributed by atoms with Crippen molar-refractivity contribution in [3.63, 3.8) is 0 Å². The molecule has 1 heterocycles. The third-order valence-corrected chi connectivity index (χ3v) is 1.75. The van der Waals surface area contributed by atoms with Gasteiger partial charge in [0, 0.05) is 6.54 Å². The second-order valence-corrected chi connectivity index (χ2v) is 2.34. The first-order valence-corrected chi connectivity index (χ1v) is 3.37. The van der Waals surface area contributed by atoms with Crippen LogP contribution in [0.2, 0.25) is 0 Å². The number of allylic oxidation sites excluding steroid dienone is 1. The highest BCUT2D eigenvalue weighted by molar-refractivity contribution is 5.78. The van der Waals surface area contributed by atoms with Gasteiger partial charge in [0.1, 0.15) is 6.04 Å². The number of nitrogens with one attached hydrogen (secondary N) is 1. The van der Waals surface area contributed by atoms with Crippen molar-refractivity contribution in [1.29, 1.82) is 0 Å². The van der Waals surface area contributed by atoms with E-state index in [0.29, 0.717) is 0 Å². The molecule has 56 valence electrons. The average Bonchev–Trinajstić information content (AvgIpc) is 2.33. The molecule has 3 nitrogen and oxygen atoms in total. The number of carboxylic acid groups (broad SMARTS) is 1. The number of hydrogen-bond acceptors (Lipinski definition) is 2. The van der Waals surface area contributed by atoms with Crippen LogP contribution >= 0.6 is 0 Å². The lowest BCUT2D eigenvalue weighted by molar-refractivity contribution is -0.138. The maximum Gasteiger partial charge on any atom is 0.325 e. The smallest absolute Gasteiger partial charge is 0.325 e. The van der Waals surface area contributed by atoms with Crippen molar-refractivity contribution in [2.75, 3.05) is 6.54 Å². The fourth-order valence-electron chi connectivity index (χ4n) is 1.19. The van der Waals surface area contributed by atoms with Crippen molar-refractivity contribution in [3.05, 3.63) is 11.6 Å². The molecule has 1 aliphatic heterocycles. The van der Waals surface area contributed by atoms with Crippen LogP contribution < -0.4 is 5.32 Å². The molecule has 0 radical (unpaired) electrons. The molecule has 1 rings (SSSR count). The molecule has 0 aromatic heterocycles. The lowest BCUT2D eigenvalue weighted by atomic mass is 10.1. The van der Waals surface area contributed by atoms with E-state index in [2.05, 4.69) is 5.32 Å². The van der Waals surface area contributed by atoms with Crippen LogP contribution in [0.15, 0.2) is 11.6 Å². The summed E-state index contributed by atoms with van der Waals surface area (Å²) in [5.41, 5.74) is 0.993. The quantitative estimate of drug-likeness (QED) is 0.519. The summed E-state index contributed by atoms with van der Waals surface area (Å²) in [5, 5.41) is 11.5. The molecule has 0 aliphatic carbocycles. The lowest BCUT2D eigenvalue weighted by Gasteiger charge is -2.04. The number of carbonyl (C=O) groups is 1. The van der Waals surface area contributed by atoms with Crippen LogP contribution in [-0.2, 0) is 4.79 Å². The second-order valence-electron chi connectivity index (χ2n) is 2.34. The van der Waals surface area contributed by atoms with Crippen molar-refractivity contribution in [1.82, 2.24) is 5.32 Å². The van der Waals surface area contributed by atoms with E-state index >= 15 is 0 Å². The van der Waals surface area contributed by atoms with Crippen molar-refractivity contribution < 1.29 is 9.90 Å². The summed E-state index contributed by atoms with van der Waals surface area (Å²) >= 11 is 0. The summed E-state index contributed by atoms with van der Waals surface area (Å²) in [5.74, 6) is -0.773. The Hall–Kier alpha value is -0.830. The van der Waals surface area contributed by atoms with Gasteiger partial charge in [-0.25, -0.2) is 0 Å². The van der Waals surface area contributed by atoms with Gasteiger partial charge in [0.2, 0.25) is 0 Å². The highest BCUT2D eigenvalue weighted by Crippen LogP contribution is 2.13. The van der Waals surface area contributed by atoms with Crippen LogP contribution in [-0.4, -0.2) is 23.7 Å². The fraction of sp³-hybridized carbons (Fsp3) is 0.571. The predicted molar refractivity (Wildman–Crippen MR) is 37.8 cm³/mol. The molecule has 1 fully saturated rings. The minimum Gasteiger partial charge on any atom is -0.480 e. The van der Waals surface area contributed by atoms with Crippen LogP contribution in [0, 0.1) is 0 Å². The van der Waals surface area contributed by atoms with Gasteiger partial charge in [0.05, 0.1) is 0 Å². The molecule has 1 atom stereocenters. The Morgan fingerprint density at radius 1 is 1.90 bits per heavy atom. The minimum absolute atomic E-state index is 0.426. The van der Waals surface area contributed by atoms with Gasteiger partial charge in [-0.3, -0.25) is 4.79 Å². The number of hydrogen-bond donors (Lipinski definition) is 2. The van der Waals surface area contributed by atoms with Gasteiger partial charge in [0.25, 0.3) is 0 Å². The molecule has 0 spiro atoms. The summed E-state index contributed by atoms with van der Waals surface area (Å²) < 4.78 is 0. The zero-order chi connectivity index (χ0) is 7.56. The Kier molecular flexibility index (Phi) is 2.06. The summed E-state index contributed by atoms with van der Waals surface area (Å²) in [7, 11) is 0. The third kappa shape index (κ3) is 1.19. The van der Waals surface area contributed by atoms with Gasteiger partial charge in [-0.15, -0.1) is 0 Å². The van der Waals surface area contributed by atoms with Crippen molar-refractivity contribution in [2.24, 2.45) is 0 Å². The highest BCUT2D eigenvalue weighted by atomic mass is 16.4. The first-order chi connectivity index (χ1) is 4.75. The van der Waals surface area contributed by atoms with Crippen molar-refractivity contribution in [3.8, 4) is 0 Å². The SMILES string of the molecule is CC=C1CCNC1C(=O)O. The van der Waals surface area contributed by atoms with Gasteiger partial charge in [0.15, 0.2) is 0 Å². The van der Waals surface area contributed by atoms with Crippen LogP contribution in [0.1, 0.15) is 13.3 Å². The molecular formula is C7H11NO2. The molecule has 3 heteroatoms. The Balaban J connectivity index is 2.68. The van der Waals surface area contributed by atoms with Gasteiger partial charge in [-0.05, 0) is 18.9 Å². The molecule has 0 amide bonds. The Morgan fingerprint density at radius 3 is 3.00 bits per heavy atom. The number of rotatable bonds is 1. The van der Waals surface area contributed by atoms with Crippen molar-refractivity contribution >= 4 is 5.97 Å². The van der Waals surface area contributed by atoms with E-state index in [-0.39, 0.29) is 0 Å². The van der Waals surface area contributed by atoms with Gasteiger partial charge in [-0.2, -0.15) is 0 Å². The third-order valence-electron chi connectivity index (χ3n) is 1.75. The first-order valence-electron chi connectivity index (χ1n) is 3.37. The topological polar surface area (TPSA) is 49.3 Å². The molecule has 1 aliphatic rings. The Labute approximate surface area is 59.7 Å². The number of carboxylic acids is 1. The normalized spacial score (nSPS) is 29.3. The molecule has 2 N–H and O–H groups in total. The van der Waals surface area contributed by atoms with E-state index in [1.54, 1.807) is 0 Å². The van der Waals surface area contributed by atoms with E-state index in [4.69, 9.17) is 5.11 Å². The Bertz CT molecular complexity index is 174. The molecule has 10 heavy (non-hydrogen) atoms. The standard InChI is InChI=1S/C7H11NO2/c1-2-5-3-4-8-6(5)7(9)10/h2,6,8H,3-4H2,1H3,(H,9,10). The zero-order valence-corrected chi connectivity index (χ0v) is 5.92. The molecular weight excluding hydrogens is 130 g/mol. The second kappa shape index (κ2) is 2.84. The van der Waals surface area contributed by atoms with Crippen LogP contribution in [0.4, 0.5) is 0 Å². The molecule has 1 saturated heterocycles. The van der Waals surface area contributed by atoms with Gasteiger partial charge >= 0.3 is 5.97 Å². The van der Waals surface area contributed by atoms with Crippen LogP contribution in [0.3, 0.4) is 0 Å². The van der Waals surface area contributed by atoms with E-state index < -0.39 is 12.0 Å². The maximum absolute atomic E-state index is 10.5. The lowest BCUT2D eigenvalue weighted by Crippen LogP contribution is -2.31. The number of aliphatic carboxylic acids is 1. The van der Waals surface area contributed by atoms with Crippen LogP contribution in [0.5, 0.6) is 0 Å². The summed E-state index contributed by atoms with van der Waals surface area (Å²) in [4.78, 5) is 10.5. The summed E-state index contributed by atoms with van der Waals surface area (Å²) in [6.45, 7) is 2.66. The molecule has 1 unspecified atom stereocenters. The fourth-order valence-corrected chi connectivity index (χ4v) is 1.19. The first kappa shape index (κ1) is 7.28. The van der Waals surface area contributed by atoms with Crippen LogP contribution in [0.25, 0.3) is 0 Å². The summed E-state index contributed by atoms with van der Waals surface area (Å²) in [6, 6.07) is -0.426. The molecule has 0 aromatic carbocycles. The molecule has 0 saturated carbocycles. The zero-order valence-electron chi connectivity index (χ0n) is 5.92.